The second kappa shape index (κ2) is 10.9. The highest BCUT2D eigenvalue weighted by Gasteiger charge is 2.20. The van der Waals surface area contributed by atoms with E-state index in [1.807, 2.05) is 29.5 Å². The first-order valence-corrected chi connectivity index (χ1v) is 14.6. The molecule has 41 heavy (non-hydrogen) atoms. The van der Waals surface area contributed by atoms with Gasteiger partial charge in [0.05, 0.1) is 6.54 Å². The smallest absolute Gasteiger partial charge is 0.126 e. The predicted octanol–water partition coefficient (Wildman–Crippen LogP) is 9.96. The number of rotatable bonds is 6. The maximum absolute atomic E-state index is 6.80. The van der Waals surface area contributed by atoms with Crippen molar-refractivity contribution in [3.05, 3.63) is 157 Å². The van der Waals surface area contributed by atoms with E-state index in [1.165, 1.54) is 48.2 Å². The SMILES string of the molecule is NC(=NCc1ccccc1)c1ccc(-c2ccccc2)c2sc3c(-c4ccccc4)cc(-c4ccccc4)cc3c12. The van der Waals surface area contributed by atoms with Crippen molar-refractivity contribution in [2.24, 2.45) is 10.7 Å². The number of aliphatic imine (C=N–C) groups is 1. The highest BCUT2D eigenvalue weighted by Crippen LogP contribution is 2.47. The van der Waals surface area contributed by atoms with Crippen LogP contribution in [0.25, 0.3) is 53.6 Å². The summed E-state index contributed by atoms with van der Waals surface area (Å²) in [7, 11) is 0. The summed E-state index contributed by atoms with van der Waals surface area (Å²) < 4.78 is 2.48. The Kier molecular flexibility index (Phi) is 6.64. The van der Waals surface area contributed by atoms with E-state index in [4.69, 9.17) is 10.7 Å². The summed E-state index contributed by atoms with van der Waals surface area (Å²) in [5.74, 6) is 0.560. The number of hydrogen-bond donors (Lipinski definition) is 1. The summed E-state index contributed by atoms with van der Waals surface area (Å²) in [5.41, 5.74) is 16.1. The molecule has 0 aliphatic carbocycles. The number of hydrogen-bond acceptors (Lipinski definition) is 2. The first kappa shape index (κ1) is 25.0. The summed E-state index contributed by atoms with van der Waals surface area (Å²) in [6.45, 7) is 0.543. The molecule has 0 amide bonds. The molecular formula is C38H28N2S. The molecular weight excluding hydrogens is 516 g/mol. The quantitative estimate of drug-likeness (QED) is 0.164. The summed E-state index contributed by atoms with van der Waals surface area (Å²) in [5, 5.41) is 2.37. The monoisotopic (exact) mass is 544 g/mol. The Balaban J connectivity index is 1.54. The lowest BCUT2D eigenvalue weighted by Gasteiger charge is -2.11. The number of nitrogens with zero attached hydrogens (tertiary/aromatic N) is 1. The molecule has 2 nitrogen and oxygen atoms in total. The molecule has 7 aromatic rings. The van der Waals surface area contributed by atoms with Crippen LogP contribution in [-0.2, 0) is 6.54 Å². The van der Waals surface area contributed by atoms with E-state index in [2.05, 4.69) is 127 Å². The molecule has 0 saturated carbocycles. The third-order valence-electron chi connectivity index (χ3n) is 7.55. The van der Waals surface area contributed by atoms with Crippen LogP contribution in [0.4, 0.5) is 0 Å². The van der Waals surface area contributed by atoms with Crippen molar-refractivity contribution >= 4 is 37.3 Å². The van der Waals surface area contributed by atoms with Crippen LogP contribution in [0, 0.1) is 0 Å². The normalized spacial score (nSPS) is 11.8. The molecule has 1 aromatic heterocycles. The Labute approximate surface area is 244 Å². The molecule has 0 saturated heterocycles. The van der Waals surface area contributed by atoms with E-state index in [1.54, 1.807) is 0 Å². The van der Waals surface area contributed by atoms with Crippen molar-refractivity contribution in [2.75, 3.05) is 0 Å². The third kappa shape index (κ3) is 4.82. The zero-order chi connectivity index (χ0) is 27.6. The van der Waals surface area contributed by atoms with E-state index < -0.39 is 0 Å². The van der Waals surface area contributed by atoms with Gasteiger partial charge in [0, 0.05) is 31.3 Å². The summed E-state index contributed by atoms with van der Waals surface area (Å²) >= 11 is 1.84. The lowest BCUT2D eigenvalue weighted by molar-refractivity contribution is 1.06. The average molecular weight is 545 g/mol. The van der Waals surface area contributed by atoms with Crippen molar-refractivity contribution in [2.45, 2.75) is 6.54 Å². The first-order chi connectivity index (χ1) is 20.3. The van der Waals surface area contributed by atoms with Gasteiger partial charge in [-0.1, -0.05) is 127 Å². The average Bonchev–Trinajstić information content (AvgIpc) is 3.44. The molecule has 1 heterocycles. The van der Waals surface area contributed by atoms with Gasteiger partial charge in [0.15, 0.2) is 0 Å². The van der Waals surface area contributed by atoms with Crippen LogP contribution in [0.15, 0.2) is 151 Å². The Morgan fingerprint density at radius 2 is 1.10 bits per heavy atom. The van der Waals surface area contributed by atoms with Crippen LogP contribution >= 0.6 is 11.3 Å². The third-order valence-corrected chi connectivity index (χ3v) is 8.82. The second-order valence-electron chi connectivity index (χ2n) is 10.2. The number of benzene rings is 6. The van der Waals surface area contributed by atoms with Crippen molar-refractivity contribution in [1.29, 1.82) is 0 Å². The summed E-state index contributed by atoms with van der Waals surface area (Å²) in [6, 6.07) is 51.2. The zero-order valence-electron chi connectivity index (χ0n) is 22.5. The van der Waals surface area contributed by atoms with E-state index in [9.17, 15) is 0 Å². The molecule has 0 fully saturated rings. The van der Waals surface area contributed by atoms with Gasteiger partial charge in [0.1, 0.15) is 5.84 Å². The predicted molar refractivity (Wildman–Crippen MR) is 177 cm³/mol. The number of thiophene rings is 1. The molecule has 0 unspecified atom stereocenters. The van der Waals surface area contributed by atoms with Crippen molar-refractivity contribution in [3.63, 3.8) is 0 Å². The van der Waals surface area contributed by atoms with Gasteiger partial charge in [0.2, 0.25) is 0 Å². The topological polar surface area (TPSA) is 38.4 Å². The number of fused-ring (bicyclic) bond motifs is 3. The van der Waals surface area contributed by atoms with Gasteiger partial charge in [-0.25, -0.2) is 0 Å². The molecule has 196 valence electrons. The molecule has 3 heteroatoms. The van der Waals surface area contributed by atoms with E-state index >= 15 is 0 Å². The van der Waals surface area contributed by atoms with Gasteiger partial charge in [-0.15, -0.1) is 11.3 Å². The highest BCUT2D eigenvalue weighted by molar-refractivity contribution is 7.27. The lowest BCUT2D eigenvalue weighted by Crippen LogP contribution is -2.14. The maximum atomic E-state index is 6.80. The molecule has 0 aliphatic rings. The molecule has 7 rings (SSSR count). The number of amidine groups is 1. The minimum Gasteiger partial charge on any atom is -0.383 e. The minimum absolute atomic E-state index is 0.543. The summed E-state index contributed by atoms with van der Waals surface area (Å²) in [4.78, 5) is 4.86. The van der Waals surface area contributed by atoms with Crippen molar-refractivity contribution in [3.8, 4) is 33.4 Å². The van der Waals surface area contributed by atoms with Crippen LogP contribution < -0.4 is 5.73 Å². The Bertz CT molecular complexity index is 1990. The molecule has 2 N–H and O–H groups in total. The number of nitrogens with two attached hydrogens (primary N) is 1. The largest absolute Gasteiger partial charge is 0.383 e. The van der Waals surface area contributed by atoms with Crippen molar-refractivity contribution in [1.82, 2.24) is 0 Å². The van der Waals surface area contributed by atoms with Gasteiger partial charge in [-0.3, -0.25) is 4.99 Å². The Morgan fingerprint density at radius 1 is 0.537 bits per heavy atom. The molecule has 0 bridgehead atoms. The Morgan fingerprint density at radius 3 is 1.73 bits per heavy atom. The fourth-order valence-electron chi connectivity index (χ4n) is 5.52. The van der Waals surface area contributed by atoms with Gasteiger partial charge in [-0.2, -0.15) is 0 Å². The molecule has 0 radical (unpaired) electrons. The Hall–Kier alpha value is -4.99. The highest BCUT2D eigenvalue weighted by atomic mass is 32.1. The van der Waals surface area contributed by atoms with Crippen LogP contribution in [-0.4, -0.2) is 5.84 Å². The molecule has 6 aromatic carbocycles. The molecule has 0 spiro atoms. The van der Waals surface area contributed by atoms with Crippen LogP contribution in [0.2, 0.25) is 0 Å². The van der Waals surface area contributed by atoms with Gasteiger partial charge >= 0.3 is 0 Å². The maximum Gasteiger partial charge on any atom is 0.126 e. The lowest BCUT2D eigenvalue weighted by atomic mass is 9.93. The van der Waals surface area contributed by atoms with Crippen LogP contribution in [0.3, 0.4) is 0 Å². The van der Waals surface area contributed by atoms with E-state index in [0.717, 1.165) is 16.5 Å². The molecule has 0 aliphatic heterocycles. The zero-order valence-corrected chi connectivity index (χ0v) is 23.3. The molecule has 0 atom stereocenters. The van der Waals surface area contributed by atoms with Gasteiger partial charge in [-0.05, 0) is 51.6 Å². The van der Waals surface area contributed by atoms with E-state index in [0.29, 0.717) is 12.4 Å². The fourth-order valence-corrected chi connectivity index (χ4v) is 6.90. The minimum atomic E-state index is 0.543. The standard InChI is InChI=1S/C38H28N2S/c39-38(40-25-26-13-5-1-6-14-26)32-22-21-31(28-17-9-3-10-18-28)37-35(32)34-24-30(27-15-7-2-8-16-27)23-33(36(34)41-37)29-19-11-4-12-20-29/h1-24H,25H2,(H2,39,40). The fraction of sp³-hybridized carbons (Fsp3) is 0.0263. The van der Waals surface area contributed by atoms with Crippen molar-refractivity contribution < 1.29 is 0 Å². The van der Waals surface area contributed by atoms with Crippen LogP contribution in [0.1, 0.15) is 11.1 Å². The second-order valence-corrected chi connectivity index (χ2v) is 11.2. The summed E-state index contributed by atoms with van der Waals surface area (Å²) in [6.07, 6.45) is 0. The first-order valence-electron chi connectivity index (χ1n) is 13.8. The van der Waals surface area contributed by atoms with E-state index in [-0.39, 0.29) is 0 Å². The van der Waals surface area contributed by atoms with Gasteiger partial charge in [0.25, 0.3) is 0 Å². The van der Waals surface area contributed by atoms with Crippen LogP contribution in [0.5, 0.6) is 0 Å². The van der Waals surface area contributed by atoms with Gasteiger partial charge < -0.3 is 5.73 Å².